The summed E-state index contributed by atoms with van der Waals surface area (Å²) >= 11 is 11.7. The summed E-state index contributed by atoms with van der Waals surface area (Å²) < 4.78 is 1.51. The summed E-state index contributed by atoms with van der Waals surface area (Å²) in [5, 5.41) is 13.7. The van der Waals surface area contributed by atoms with Gasteiger partial charge in [0.25, 0.3) is 0 Å². The molecule has 2 rings (SSSR count). The van der Waals surface area contributed by atoms with E-state index < -0.39 is 5.97 Å². The highest BCUT2D eigenvalue weighted by Crippen LogP contribution is 2.24. The maximum Gasteiger partial charge on any atom is 0.356 e. The third-order valence-electron chi connectivity index (χ3n) is 2.25. The Morgan fingerprint density at radius 1 is 1.29 bits per heavy atom. The van der Waals surface area contributed by atoms with E-state index in [0.29, 0.717) is 21.4 Å². The van der Waals surface area contributed by atoms with Gasteiger partial charge in [-0.3, -0.25) is 0 Å². The molecule has 6 heteroatoms. The molecule has 1 aromatic heterocycles. The molecule has 0 radical (unpaired) electrons. The second kappa shape index (κ2) is 4.39. The van der Waals surface area contributed by atoms with Crippen molar-refractivity contribution in [1.29, 1.82) is 0 Å². The minimum Gasteiger partial charge on any atom is -0.476 e. The Kier molecular flexibility index (Phi) is 3.09. The van der Waals surface area contributed by atoms with Gasteiger partial charge in [0.1, 0.15) is 0 Å². The minimum atomic E-state index is -1.06. The molecule has 17 heavy (non-hydrogen) atoms. The van der Waals surface area contributed by atoms with Crippen LogP contribution >= 0.6 is 23.2 Å². The molecular weight excluding hydrogens is 263 g/mol. The van der Waals surface area contributed by atoms with Crippen molar-refractivity contribution in [2.45, 2.75) is 6.92 Å². The molecule has 0 fully saturated rings. The summed E-state index contributed by atoms with van der Waals surface area (Å²) in [6.07, 6.45) is 0. The van der Waals surface area contributed by atoms with Crippen molar-refractivity contribution in [3.8, 4) is 5.69 Å². The van der Waals surface area contributed by atoms with Crippen LogP contribution in [-0.4, -0.2) is 20.9 Å². The number of benzene rings is 1. The van der Waals surface area contributed by atoms with Gasteiger partial charge in [-0.05, 0) is 31.2 Å². The molecule has 0 aliphatic heterocycles. The molecule has 0 unspecified atom stereocenters. The van der Waals surface area contributed by atoms with Gasteiger partial charge in [-0.15, -0.1) is 0 Å². The maximum absolute atomic E-state index is 10.8. The Morgan fingerprint density at radius 2 is 2.00 bits per heavy atom. The fourth-order valence-corrected chi connectivity index (χ4v) is 1.75. The van der Waals surface area contributed by atoms with Crippen LogP contribution in [0.3, 0.4) is 0 Å². The lowest BCUT2D eigenvalue weighted by Crippen LogP contribution is -2.02. The lowest BCUT2D eigenvalue weighted by Gasteiger charge is -2.05. The summed E-state index contributed by atoms with van der Waals surface area (Å²) in [4.78, 5) is 10.8. The maximum atomic E-state index is 10.8. The highest BCUT2D eigenvalue weighted by molar-refractivity contribution is 6.42. The van der Waals surface area contributed by atoms with Gasteiger partial charge in [0.05, 0.1) is 15.7 Å². The molecule has 0 atom stereocenters. The Labute approximate surface area is 107 Å². The molecule has 0 aliphatic carbocycles. The van der Waals surface area contributed by atoms with E-state index in [1.807, 2.05) is 0 Å². The van der Waals surface area contributed by atoms with Crippen LogP contribution in [0.25, 0.3) is 5.69 Å². The predicted octanol–water partition coefficient (Wildman–Crippen LogP) is 3.19. The lowest BCUT2D eigenvalue weighted by molar-refractivity contribution is 0.0690. The number of carbonyl (C=O) groups is 1. The van der Waals surface area contributed by atoms with Crippen molar-refractivity contribution in [3.63, 3.8) is 0 Å². The quantitative estimate of drug-likeness (QED) is 0.912. The minimum absolute atomic E-state index is 0.00595. The molecule has 1 heterocycles. The summed E-state index contributed by atoms with van der Waals surface area (Å²) in [6, 6.07) is 6.49. The van der Waals surface area contributed by atoms with E-state index in [2.05, 4.69) is 5.10 Å². The second-order valence-electron chi connectivity index (χ2n) is 3.49. The molecule has 1 N–H and O–H groups in total. The first-order valence-corrected chi connectivity index (χ1v) is 5.50. The number of carboxylic acid groups (broad SMARTS) is 1. The van der Waals surface area contributed by atoms with Crippen molar-refractivity contribution in [2.24, 2.45) is 0 Å². The van der Waals surface area contributed by atoms with Gasteiger partial charge >= 0.3 is 5.97 Å². The van der Waals surface area contributed by atoms with E-state index in [1.165, 1.54) is 10.7 Å². The molecule has 0 saturated heterocycles. The Hall–Kier alpha value is -1.52. The number of carboxylic acids is 1. The normalized spacial score (nSPS) is 10.5. The zero-order valence-corrected chi connectivity index (χ0v) is 10.3. The van der Waals surface area contributed by atoms with E-state index >= 15 is 0 Å². The van der Waals surface area contributed by atoms with Crippen LogP contribution in [0.2, 0.25) is 10.0 Å². The van der Waals surface area contributed by atoms with E-state index in [0.717, 1.165) is 0 Å². The molecule has 0 aliphatic rings. The number of aromatic carboxylic acids is 1. The Morgan fingerprint density at radius 3 is 2.53 bits per heavy atom. The third-order valence-corrected chi connectivity index (χ3v) is 2.99. The number of rotatable bonds is 2. The van der Waals surface area contributed by atoms with Crippen molar-refractivity contribution in [2.75, 3.05) is 0 Å². The van der Waals surface area contributed by atoms with Crippen LogP contribution in [0.4, 0.5) is 0 Å². The van der Waals surface area contributed by atoms with E-state index in [1.54, 1.807) is 25.1 Å². The zero-order chi connectivity index (χ0) is 12.6. The van der Waals surface area contributed by atoms with Crippen molar-refractivity contribution in [3.05, 3.63) is 45.7 Å². The average molecular weight is 271 g/mol. The smallest absolute Gasteiger partial charge is 0.356 e. The number of hydrogen-bond donors (Lipinski definition) is 1. The van der Waals surface area contributed by atoms with Crippen LogP contribution in [0, 0.1) is 6.92 Å². The molecular formula is C11H8Cl2N2O2. The van der Waals surface area contributed by atoms with E-state index in [4.69, 9.17) is 28.3 Å². The Balaban J connectivity index is 2.52. The standard InChI is InChI=1S/C11H8Cl2N2O2/c1-6-4-10(11(16)17)14-15(6)7-2-3-8(12)9(13)5-7/h2-5H,1H3,(H,16,17). The van der Waals surface area contributed by atoms with Crippen LogP contribution in [0.5, 0.6) is 0 Å². The molecule has 0 spiro atoms. The molecule has 2 aromatic rings. The molecule has 88 valence electrons. The third kappa shape index (κ3) is 2.28. The number of aromatic nitrogens is 2. The van der Waals surface area contributed by atoms with Gasteiger partial charge in [0.15, 0.2) is 5.69 Å². The van der Waals surface area contributed by atoms with Crippen molar-refractivity contribution < 1.29 is 9.90 Å². The summed E-state index contributed by atoms with van der Waals surface area (Å²) in [5.41, 5.74) is 1.37. The first-order chi connectivity index (χ1) is 7.99. The summed E-state index contributed by atoms with van der Waals surface area (Å²) in [7, 11) is 0. The SMILES string of the molecule is Cc1cc(C(=O)O)nn1-c1ccc(Cl)c(Cl)c1. The van der Waals surface area contributed by atoms with E-state index in [9.17, 15) is 4.79 Å². The van der Waals surface area contributed by atoms with Crippen molar-refractivity contribution >= 4 is 29.2 Å². The number of hydrogen-bond acceptors (Lipinski definition) is 2. The summed E-state index contributed by atoms with van der Waals surface area (Å²) in [5.74, 6) is -1.06. The Bertz CT molecular complexity index is 593. The highest BCUT2D eigenvalue weighted by atomic mass is 35.5. The molecule has 0 bridgehead atoms. The van der Waals surface area contributed by atoms with Crippen molar-refractivity contribution in [1.82, 2.24) is 9.78 Å². The highest BCUT2D eigenvalue weighted by Gasteiger charge is 2.12. The molecule has 1 aromatic carbocycles. The molecule has 0 amide bonds. The van der Waals surface area contributed by atoms with Gasteiger partial charge in [-0.25, -0.2) is 9.48 Å². The first-order valence-electron chi connectivity index (χ1n) is 4.74. The second-order valence-corrected chi connectivity index (χ2v) is 4.30. The topological polar surface area (TPSA) is 55.1 Å². The van der Waals surface area contributed by atoms with Gasteiger partial charge < -0.3 is 5.11 Å². The van der Waals surface area contributed by atoms with Crippen LogP contribution in [0.15, 0.2) is 24.3 Å². The van der Waals surface area contributed by atoms with Gasteiger partial charge in [-0.2, -0.15) is 5.10 Å². The van der Waals surface area contributed by atoms with Crippen LogP contribution in [-0.2, 0) is 0 Å². The number of halogens is 2. The zero-order valence-electron chi connectivity index (χ0n) is 8.82. The largest absolute Gasteiger partial charge is 0.476 e. The van der Waals surface area contributed by atoms with Crippen LogP contribution < -0.4 is 0 Å². The lowest BCUT2D eigenvalue weighted by atomic mass is 10.3. The van der Waals surface area contributed by atoms with E-state index in [-0.39, 0.29) is 5.69 Å². The van der Waals surface area contributed by atoms with Gasteiger partial charge in [-0.1, -0.05) is 23.2 Å². The first kappa shape index (κ1) is 12.0. The van der Waals surface area contributed by atoms with Crippen LogP contribution in [0.1, 0.15) is 16.2 Å². The predicted molar refractivity (Wildman–Crippen MR) is 65.3 cm³/mol. The molecule has 4 nitrogen and oxygen atoms in total. The number of aryl methyl sites for hydroxylation is 1. The van der Waals surface area contributed by atoms with Gasteiger partial charge in [0, 0.05) is 5.69 Å². The fraction of sp³-hybridized carbons (Fsp3) is 0.0909. The molecule has 0 saturated carbocycles. The fourth-order valence-electron chi connectivity index (χ4n) is 1.46. The monoisotopic (exact) mass is 270 g/mol. The average Bonchev–Trinajstić information content (AvgIpc) is 2.65. The number of nitrogens with zero attached hydrogens (tertiary/aromatic N) is 2. The summed E-state index contributed by atoms with van der Waals surface area (Å²) in [6.45, 7) is 1.77. The van der Waals surface area contributed by atoms with Gasteiger partial charge in [0.2, 0.25) is 0 Å².